The first kappa shape index (κ1) is 17.4. The minimum atomic E-state index is -0.699. The first-order valence-corrected chi connectivity index (χ1v) is 8.62. The summed E-state index contributed by atoms with van der Waals surface area (Å²) in [4.78, 5) is 44.8. The first-order chi connectivity index (χ1) is 13.5. The Morgan fingerprint density at radius 1 is 0.893 bits per heavy atom. The topological polar surface area (TPSA) is 104 Å². The van der Waals surface area contributed by atoms with Crippen LogP contribution in [0.2, 0.25) is 0 Å². The summed E-state index contributed by atoms with van der Waals surface area (Å²) in [6.07, 6.45) is 1.33. The van der Waals surface area contributed by atoms with Crippen LogP contribution in [0.15, 0.2) is 65.6 Å². The van der Waals surface area contributed by atoms with E-state index in [1.165, 1.54) is 6.20 Å². The summed E-state index contributed by atoms with van der Waals surface area (Å²) in [5.41, 5.74) is 6.56. The van der Waals surface area contributed by atoms with E-state index in [2.05, 4.69) is 20.8 Å². The third-order valence-electron chi connectivity index (χ3n) is 4.41. The van der Waals surface area contributed by atoms with Gasteiger partial charge in [-0.25, -0.2) is 0 Å². The Bertz CT molecular complexity index is 1290. The van der Waals surface area contributed by atoms with E-state index in [1.54, 1.807) is 43.3 Å². The zero-order valence-electron chi connectivity index (χ0n) is 14.9. The number of para-hydroxylation sites is 2. The van der Waals surface area contributed by atoms with Crippen LogP contribution >= 0.6 is 0 Å². The molecule has 0 aliphatic carbocycles. The van der Waals surface area contributed by atoms with Crippen molar-refractivity contribution in [1.29, 1.82) is 0 Å². The fourth-order valence-electron chi connectivity index (χ4n) is 3.08. The molecule has 28 heavy (non-hydrogen) atoms. The molecule has 4 aromatic rings. The fourth-order valence-corrected chi connectivity index (χ4v) is 3.08. The molecule has 2 amide bonds. The number of fused-ring (bicyclic) bond motifs is 2. The van der Waals surface area contributed by atoms with Gasteiger partial charge in [-0.15, -0.1) is 0 Å². The minimum absolute atomic E-state index is 0.0882. The molecule has 0 saturated carbocycles. The lowest BCUT2D eigenvalue weighted by Crippen LogP contribution is -2.43. The van der Waals surface area contributed by atoms with Crippen LogP contribution in [-0.4, -0.2) is 21.8 Å². The van der Waals surface area contributed by atoms with Crippen LogP contribution in [0.1, 0.15) is 26.4 Å². The van der Waals surface area contributed by atoms with Crippen molar-refractivity contribution in [2.75, 3.05) is 0 Å². The number of aromatic amines is 1. The molecule has 4 rings (SSSR count). The number of nitrogens with one attached hydrogen (secondary N) is 3. The Labute approximate surface area is 159 Å². The highest BCUT2D eigenvalue weighted by atomic mass is 16.2. The van der Waals surface area contributed by atoms with Crippen LogP contribution in [0.3, 0.4) is 0 Å². The maximum atomic E-state index is 12.6. The highest BCUT2D eigenvalue weighted by Gasteiger charge is 2.16. The van der Waals surface area contributed by atoms with Crippen molar-refractivity contribution in [1.82, 2.24) is 20.8 Å². The van der Waals surface area contributed by atoms with Gasteiger partial charge in [0.25, 0.3) is 11.8 Å². The lowest BCUT2D eigenvalue weighted by Gasteiger charge is -2.10. The van der Waals surface area contributed by atoms with E-state index in [-0.39, 0.29) is 5.56 Å². The van der Waals surface area contributed by atoms with E-state index in [9.17, 15) is 14.4 Å². The highest BCUT2D eigenvalue weighted by Crippen LogP contribution is 2.17. The number of hydrogen-bond donors (Lipinski definition) is 3. The maximum Gasteiger partial charge on any atom is 0.275 e. The van der Waals surface area contributed by atoms with Gasteiger partial charge in [-0.2, -0.15) is 0 Å². The lowest BCUT2D eigenvalue weighted by molar-refractivity contribution is 0.0847. The monoisotopic (exact) mass is 372 g/mol. The molecule has 0 radical (unpaired) electrons. The van der Waals surface area contributed by atoms with Gasteiger partial charge in [0.1, 0.15) is 5.56 Å². The molecule has 0 saturated heterocycles. The third-order valence-corrected chi connectivity index (χ3v) is 4.41. The minimum Gasteiger partial charge on any atom is -0.360 e. The molecular weight excluding hydrogens is 356 g/mol. The summed E-state index contributed by atoms with van der Waals surface area (Å²) in [5, 5.41) is 1.07. The van der Waals surface area contributed by atoms with Crippen LogP contribution in [0.5, 0.6) is 0 Å². The summed E-state index contributed by atoms with van der Waals surface area (Å²) >= 11 is 0. The molecule has 0 bridgehead atoms. The van der Waals surface area contributed by atoms with Gasteiger partial charge in [-0.1, -0.05) is 30.3 Å². The van der Waals surface area contributed by atoms with E-state index >= 15 is 0 Å². The Kier molecular flexibility index (Phi) is 4.33. The van der Waals surface area contributed by atoms with E-state index in [1.807, 2.05) is 18.2 Å². The predicted molar refractivity (Wildman–Crippen MR) is 106 cm³/mol. The second-order valence-electron chi connectivity index (χ2n) is 6.31. The molecule has 0 aliphatic rings. The Morgan fingerprint density at radius 3 is 2.32 bits per heavy atom. The molecule has 3 N–H and O–H groups in total. The van der Waals surface area contributed by atoms with E-state index < -0.39 is 17.2 Å². The summed E-state index contributed by atoms with van der Waals surface area (Å²) in [6, 6.07) is 15.8. The van der Waals surface area contributed by atoms with Crippen molar-refractivity contribution < 1.29 is 9.59 Å². The van der Waals surface area contributed by atoms with Crippen LogP contribution in [0, 0.1) is 6.92 Å². The number of aryl methyl sites for hydroxylation is 1. The summed E-state index contributed by atoms with van der Waals surface area (Å²) < 4.78 is 0. The SMILES string of the molecule is Cc1cc(C(=O)NNC(=O)c2c[nH]c3ccccc3c2=O)c2ccccc2n1. The van der Waals surface area contributed by atoms with Gasteiger partial charge in [0.2, 0.25) is 5.43 Å². The molecule has 0 aliphatic heterocycles. The number of amides is 2. The van der Waals surface area contributed by atoms with Crippen molar-refractivity contribution in [3.63, 3.8) is 0 Å². The predicted octanol–water partition coefficient (Wildman–Crippen LogP) is 2.46. The molecule has 0 spiro atoms. The van der Waals surface area contributed by atoms with E-state index in [4.69, 9.17) is 0 Å². The molecule has 2 heterocycles. The van der Waals surface area contributed by atoms with Gasteiger partial charge < -0.3 is 4.98 Å². The number of rotatable bonds is 2. The Morgan fingerprint density at radius 2 is 1.54 bits per heavy atom. The molecular formula is C21H16N4O3. The van der Waals surface area contributed by atoms with Gasteiger partial charge >= 0.3 is 0 Å². The average Bonchev–Trinajstić information content (AvgIpc) is 2.71. The van der Waals surface area contributed by atoms with Gasteiger partial charge in [-0.3, -0.25) is 30.2 Å². The summed E-state index contributed by atoms with van der Waals surface area (Å²) in [5.74, 6) is -1.19. The smallest absolute Gasteiger partial charge is 0.275 e. The number of H-pyrrole nitrogens is 1. The van der Waals surface area contributed by atoms with E-state index in [0.717, 1.165) is 0 Å². The molecule has 0 atom stereocenters. The maximum absolute atomic E-state index is 12.6. The number of pyridine rings is 2. The Balaban J connectivity index is 1.58. The molecule has 0 fully saturated rings. The molecule has 7 heteroatoms. The van der Waals surface area contributed by atoms with Crippen molar-refractivity contribution in [2.24, 2.45) is 0 Å². The molecule has 0 unspecified atom stereocenters. The zero-order chi connectivity index (χ0) is 19.7. The fraction of sp³-hybridized carbons (Fsp3) is 0.0476. The largest absolute Gasteiger partial charge is 0.360 e. The van der Waals surface area contributed by atoms with Crippen molar-refractivity contribution >= 4 is 33.6 Å². The van der Waals surface area contributed by atoms with Crippen molar-refractivity contribution in [3.05, 3.63) is 87.8 Å². The summed E-state index contributed by atoms with van der Waals surface area (Å²) in [7, 11) is 0. The number of carbonyl (C=O) groups excluding carboxylic acids is 2. The zero-order valence-corrected chi connectivity index (χ0v) is 14.9. The number of hydrazine groups is 1. The second-order valence-corrected chi connectivity index (χ2v) is 6.31. The van der Waals surface area contributed by atoms with Crippen LogP contribution in [-0.2, 0) is 0 Å². The molecule has 2 aromatic carbocycles. The molecule has 2 aromatic heterocycles. The van der Waals surface area contributed by atoms with Crippen LogP contribution < -0.4 is 16.3 Å². The third kappa shape index (κ3) is 3.09. The second kappa shape index (κ2) is 6.96. The number of nitrogens with zero attached hydrogens (tertiary/aromatic N) is 1. The Hall–Kier alpha value is -4.00. The van der Waals surface area contributed by atoms with Crippen molar-refractivity contribution in [2.45, 2.75) is 6.92 Å². The number of aromatic nitrogens is 2. The van der Waals surface area contributed by atoms with Gasteiger partial charge in [-0.05, 0) is 31.2 Å². The van der Waals surface area contributed by atoms with E-state index in [0.29, 0.717) is 33.1 Å². The lowest BCUT2D eigenvalue weighted by atomic mass is 10.1. The van der Waals surface area contributed by atoms with Gasteiger partial charge in [0.05, 0.1) is 11.1 Å². The van der Waals surface area contributed by atoms with Crippen LogP contribution in [0.25, 0.3) is 21.8 Å². The molecule has 7 nitrogen and oxygen atoms in total. The standard InChI is InChI=1S/C21H16N4O3/c1-12-10-15(13-6-2-5-9-18(13)23-12)20(27)24-25-21(28)16-11-22-17-8-4-3-7-14(17)19(16)26/h2-11H,1H3,(H,22,26)(H,24,27)(H,25,28). The first-order valence-electron chi connectivity index (χ1n) is 8.62. The van der Waals surface area contributed by atoms with Gasteiger partial charge in [0, 0.05) is 28.2 Å². The average molecular weight is 372 g/mol. The van der Waals surface area contributed by atoms with Crippen molar-refractivity contribution in [3.8, 4) is 0 Å². The van der Waals surface area contributed by atoms with Gasteiger partial charge in [0.15, 0.2) is 0 Å². The number of benzene rings is 2. The summed E-state index contributed by atoms with van der Waals surface area (Å²) in [6.45, 7) is 1.79. The number of carbonyl (C=O) groups is 2. The van der Waals surface area contributed by atoms with Crippen LogP contribution in [0.4, 0.5) is 0 Å². The number of hydrogen-bond acceptors (Lipinski definition) is 4. The highest BCUT2D eigenvalue weighted by molar-refractivity contribution is 6.07. The quantitative estimate of drug-likeness (QED) is 0.470. The molecule has 138 valence electrons. The normalized spacial score (nSPS) is 10.8.